The lowest BCUT2D eigenvalue weighted by molar-refractivity contribution is -0.118. The smallest absolute Gasteiger partial charge is 0.264 e. The SMILES string of the molecule is COc1ccc(CNC(=O)CSc2nnc(N/N=C/c3cccc(Cl)c3Cl)n2N)cc1. The molecule has 0 radical (unpaired) electrons. The molecule has 0 unspecified atom stereocenters. The highest BCUT2D eigenvalue weighted by Crippen LogP contribution is 2.24. The number of amides is 1. The van der Waals surface area contributed by atoms with Crippen LogP contribution >= 0.6 is 35.0 Å². The second kappa shape index (κ2) is 10.9. The first-order valence-corrected chi connectivity index (χ1v) is 10.7. The van der Waals surface area contributed by atoms with Crippen molar-refractivity contribution in [2.24, 2.45) is 5.10 Å². The van der Waals surface area contributed by atoms with Gasteiger partial charge < -0.3 is 15.9 Å². The number of carbonyl (C=O) groups excluding carboxylic acids is 1. The molecule has 0 aliphatic carbocycles. The number of carbonyl (C=O) groups is 1. The molecule has 2 aromatic carbocycles. The van der Waals surface area contributed by atoms with E-state index in [2.05, 4.69) is 26.0 Å². The fourth-order valence-electron chi connectivity index (χ4n) is 2.36. The summed E-state index contributed by atoms with van der Waals surface area (Å²) in [5.74, 6) is 6.90. The first-order valence-electron chi connectivity index (χ1n) is 8.94. The minimum Gasteiger partial charge on any atom is -0.497 e. The van der Waals surface area contributed by atoms with Crippen LogP contribution in [0.4, 0.5) is 5.95 Å². The molecule has 31 heavy (non-hydrogen) atoms. The Bertz CT molecular complexity index is 1070. The van der Waals surface area contributed by atoms with Gasteiger partial charge in [-0.05, 0) is 23.8 Å². The molecule has 3 rings (SSSR count). The Morgan fingerprint density at radius 1 is 1.26 bits per heavy atom. The Labute approximate surface area is 192 Å². The fraction of sp³-hybridized carbons (Fsp3) is 0.158. The zero-order chi connectivity index (χ0) is 22.2. The van der Waals surface area contributed by atoms with E-state index < -0.39 is 0 Å². The van der Waals surface area contributed by atoms with Crippen molar-refractivity contribution >= 4 is 53.0 Å². The topological polar surface area (TPSA) is 119 Å². The molecule has 3 aromatic rings. The van der Waals surface area contributed by atoms with Crippen molar-refractivity contribution in [3.05, 3.63) is 63.6 Å². The number of anilines is 1. The number of methoxy groups -OCH3 is 1. The molecule has 0 spiro atoms. The molecule has 0 bridgehead atoms. The minimum atomic E-state index is -0.160. The Hall–Kier alpha value is -2.95. The van der Waals surface area contributed by atoms with Crippen molar-refractivity contribution in [1.29, 1.82) is 0 Å². The van der Waals surface area contributed by atoms with Gasteiger partial charge in [0, 0.05) is 12.1 Å². The normalized spacial score (nSPS) is 10.9. The van der Waals surface area contributed by atoms with Crippen molar-refractivity contribution in [3.8, 4) is 5.75 Å². The molecular formula is C19H19Cl2N7O2S. The predicted octanol–water partition coefficient (Wildman–Crippen LogP) is 3.16. The summed E-state index contributed by atoms with van der Waals surface area (Å²) in [4.78, 5) is 12.1. The van der Waals surface area contributed by atoms with Gasteiger partial charge in [0.05, 0.1) is 29.1 Å². The number of hydrogen-bond donors (Lipinski definition) is 3. The van der Waals surface area contributed by atoms with Crippen molar-refractivity contribution in [2.75, 3.05) is 24.1 Å². The van der Waals surface area contributed by atoms with Gasteiger partial charge >= 0.3 is 0 Å². The maximum absolute atomic E-state index is 12.1. The second-order valence-electron chi connectivity index (χ2n) is 6.10. The number of nitrogens with zero attached hydrogens (tertiary/aromatic N) is 4. The number of nitrogens with one attached hydrogen (secondary N) is 2. The second-order valence-corrected chi connectivity index (χ2v) is 7.83. The molecule has 0 aliphatic rings. The highest BCUT2D eigenvalue weighted by Gasteiger charge is 2.12. The molecule has 9 nitrogen and oxygen atoms in total. The van der Waals surface area contributed by atoms with Gasteiger partial charge in [0.2, 0.25) is 11.1 Å². The summed E-state index contributed by atoms with van der Waals surface area (Å²) in [7, 11) is 1.60. The summed E-state index contributed by atoms with van der Waals surface area (Å²) in [6.07, 6.45) is 1.49. The monoisotopic (exact) mass is 479 g/mol. The standard InChI is InChI=1S/C19H19Cl2N7O2S/c1-30-14-7-5-12(6-8-14)9-23-16(29)11-31-19-27-26-18(28(19)22)25-24-10-13-3-2-4-15(20)17(13)21/h2-8,10H,9,11,22H2,1H3,(H,23,29)(H,25,26)/b24-10+. The molecule has 1 amide bonds. The van der Waals surface area contributed by atoms with E-state index in [0.29, 0.717) is 27.3 Å². The van der Waals surface area contributed by atoms with Crippen LogP contribution in [0.2, 0.25) is 10.0 Å². The quantitative estimate of drug-likeness (QED) is 0.186. The van der Waals surface area contributed by atoms with Gasteiger partial charge in [-0.2, -0.15) is 5.10 Å². The van der Waals surface area contributed by atoms with E-state index >= 15 is 0 Å². The molecule has 12 heteroatoms. The summed E-state index contributed by atoms with van der Waals surface area (Å²) >= 11 is 13.2. The molecule has 0 atom stereocenters. The lowest BCUT2D eigenvalue weighted by Gasteiger charge is -2.06. The lowest BCUT2D eigenvalue weighted by atomic mass is 10.2. The van der Waals surface area contributed by atoms with Crippen LogP contribution in [-0.2, 0) is 11.3 Å². The molecule has 4 N–H and O–H groups in total. The number of halogens is 2. The molecule has 0 saturated heterocycles. The Morgan fingerprint density at radius 3 is 2.77 bits per heavy atom. The first kappa shape index (κ1) is 22.7. The zero-order valence-electron chi connectivity index (χ0n) is 16.4. The van der Waals surface area contributed by atoms with Gasteiger partial charge in [-0.3, -0.25) is 4.79 Å². The van der Waals surface area contributed by atoms with Gasteiger partial charge in [0.25, 0.3) is 5.95 Å². The highest BCUT2D eigenvalue weighted by molar-refractivity contribution is 7.99. The van der Waals surface area contributed by atoms with Crippen molar-refractivity contribution in [2.45, 2.75) is 11.7 Å². The number of nitrogen functional groups attached to an aromatic ring is 1. The number of hydrazone groups is 1. The summed E-state index contributed by atoms with van der Waals surface area (Å²) in [5, 5.41) is 15.9. The van der Waals surface area contributed by atoms with Crippen molar-refractivity contribution in [3.63, 3.8) is 0 Å². The van der Waals surface area contributed by atoms with Gasteiger partial charge in [-0.1, -0.05) is 59.2 Å². The zero-order valence-corrected chi connectivity index (χ0v) is 18.7. The van der Waals surface area contributed by atoms with E-state index in [1.807, 2.05) is 24.3 Å². The van der Waals surface area contributed by atoms with Crippen LogP contribution in [0.25, 0.3) is 0 Å². The van der Waals surface area contributed by atoms with Gasteiger partial charge in [0.1, 0.15) is 5.75 Å². The minimum absolute atomic E-state index is 0.132. The average Bonchev–Trinajstić information content (AvgIpc) is 3.13. The van der Waals surface area contributed by atoms with Crippen LogP contribution in [0.15, 0.2) is 52.7 Å². The first-order chi connectivity index (χ1) is 15.0. The van der Waals surface area contributed by atoms with E-state index in [4.69, 9.17) is 33.8 Å². The molecule has 1 heterocycles. The van der Waals surface area contributed by atoms with E-state index in [-0.39, 0.29) is 17.6 Å². The molecule has 162 valence electrons. The van der Waals surface area contributed by atoms with E-state index in [1.165, 1.54) is 10.9 Å². The van der Waals surface area contributed by atoms with Crippen LogP contribution in [0.3, 0.4) is 0 Å². The Morgan fingerprint density at radius 2 is 2.03 bits per heavy atom. The van der Waals surface area contributed by atoms with Crippen molar-refractivity contribution < 1.29 is 9.53 Å². The van der Waals surface area contributed by atoms with Crippen LogP contribution < -0.4 is 21.3 Å². The van der Waals surface area contributed by atoms with E-state index in [9.17, 15) is 4.79 Å². The number of ether oxygens (including phenoxy) is 1. The van der Waals surface area contributed by atoms with Crippen LogP contribution in [0.5, 0.6) is 5.75 Å². The predicted molar refractivity (Wildman–Crippen MR) is 123 cm³/mol. The Kier molecular flexibility index (Phi) is 7.99. The average molecular weight is 480 g/mol. The molecular weight excluding hydrogens is 461 g/mol. The molecule has 0 saturated carbocycles. The van der Waals surface area contributed by atoms with E-state index in [1.54, 1.807) is 25.3 Å². The van der Waals surface area contributed by atoms with Crippen LogP contribution in [0.1, 0.15) is 11.1 Å². The van der Waals surface area contributed by atoms with E-state index in [0.717, 1.165) is 23.1 Å². The van der Waals surface area contributed by atoms with Gasteiger partial charge in [-0.15, -0.1) is 10.2 Å². The number of aromatic nitrogens is 3. The summed E-state index contributed by atoms with van der Waals surface area (Å²) in [5.41, 5.74) is 4.28. The maximum Gasteiger partial charge on any atom is 0.264 e. The third-order valence-corrected chi connectivity index (χ3v) is 5.77. The summed E-state index contributed by atoms with van der Waals surface area (Å²) in [6, 6.07) is 12.7. The number of nitrogens with two attached hydrogens (primary N) is 1. The fourth-order valence-corrected chi connectivity index (χ4v) is 3.40. The van der Waals surface area contributed by atoms with Gasteiger partial charge in [-0.25, -0.2) is 10.1 Å². The Balaban J connectivity index is 1.48. The molecule has 0 fully saturated rings. The van der Waals surface area contributed by atoms with Gasteiger partial charge in [0.15, 0.2) is 0 Å². The number of hydrogen-bond acceptors (Lipinski definition) is 8. The number of benzene rings is 2. The third-order valence-electron chi connectivity index (χ3n) is 4.00. The number of rotatable bonds is 9. The lowest BCUT2D eigenvalue weighted by Crippen LogP contribution is -2.25. The summed E-state index contributed by atoms with van der Waals surface area (Å²) < 4.78 is 6.32. The van der Waals surface area contributed by atoms with Crippen LogP contribution in [0, 0.1) is 0 Å². The van der Waals surface area contributed by atoms with Crippen molar-refractivity contribution in [1.82, 2.24) is 20.2 Å². The van der Waals surface area contributed by atoms with Crippen LogP contribution in [-0.4, -0.2) is 39.9 Å². The maximum atomic E-state index is 12.1. The number of thioether (sulfide) groups is 1. The highest BCUT2D eigenvalue weighted by atomic mass is 35.5. The largest absolute Gasteiger partial charge is 0.497 e. The molecule has 0 aliphatic heterocycles. The third kappa shape index (κ3) is 6.27. The summed E-state index contributed by atoms with van der Waals surface area (Å²) in [6.45, 7) is 0.409. The molecule has 1 aromatic heterocycles.